The van der Waals surface area contributed by atoms with Crippen molar-refractivity contribution in [3.8, 4) is 5.75 Å². The van der Waals surface area contributed by atoms with Gasteiger partial charge in [0.1, 0.15) is 11.5 Å². The average molecular weight is 349 g/mol. The Morgan fingerprint density at radius 1 is 1.04 bits per heavy atom. The minimum Gasteiger partial charge on any atom is -0.496 e. The van der Waals surface area contributed by atoms with E-state index in [1.165, 1.54) is 5.57 Å². The molecule has 0 aliphatic heterocycles. The molecular weight excluding hydrogens is 316 g/mol. The minimum absolute atomic E-state index is 0.00376. The quantitative estimate of drug-likeness (QED) is 0.645. The van der Waals surface area contributed by atoms with Gasteiger partial charge < -0.3 is 13.9 Å². The van der Waals surface area contributed by atoms with Gasteiger partial charge in [-0.25, -0.2) is 0 Å². The van der Waals surface area contributed by atoms with Crippen LogP contribution in [0.1, 0.15) is 51.8 Å². The van der Waals surface area contributed by atoms with E-state index in [0.717, 1.165) is 22.6 Å². The van der Waals surface area contributed by atoms with E-state index in [1.54, 1.807) is 14.2 Å². The molecule has 1 aromatic rings. The number of ether oxygens (including phenoxy) is 2. The lowest BCUT2D eigenvalue weighted by atomic mass is 9.81. The molecule has 0 heterocycles. The third-order valence-electron chi connectivity index (χ3n) is 5.74. The molecule has 0 saturated heterocycles. The van der Waals surface area contributed by atoms with Crippen molar-refractivity contribution in [2.75, 3.05) is 14.2 Å². The standard InChI is InChI=1S/C20H32O3Si/c1-13-14(2)19(23-24(8,9)20(3,4)5)17-15(18(13)22-7)11-10-12-16(17)21-6/h10-12,14,19H,1-9H3. The van der Waals surface area contributed by atoms with Crippen LogP contribution in [0.5, 0.6) is 5.75 Å². The third kappa shape index (κ3) is 3.14. The van der Waals surface area contributed by atoms with Crippen LogP contribution in [0, 0.1) is 5.92 Å². The fraction of sp³-hybridized carbons (Fsp3) is 0.600. The largest absolute Gasteiger partial charge is 0.496 e. The molecule has 3 nitrogen and oxygen atoms in total. The first-order chi connectivity index (χ1) is 11.0. The van der Waals surface area contributed by atoms with Crippen LogP contribution in [0.4, 0.5) is 0 Å². The van der Waals surface area contributed by atoms with Crippen molar-refractivity contribution >= 4 is 14.1 Å². The van der Waals surface area contributed by atoms with Gasteiger partial charge in [-0.1, -0.05) is 39.8 Å². The first-order valence-corrected chi connectivity index (χ1v) is 11.6. The molecule has 0 saturated carbocycles. The molecule has 0 aromatic heterocycles. The second-order valence-corrected chi connectivity index (χ2v) is 13.0. The topological polar surface area (TPSA) is 27.7 Å². The normalized spacial score (nSPS) is 21.5. The molecule has 1 aliphatic rings. The van der Waals surface area contributed by atoms with Crippen molar-refractivity contribution in [3.63, 3.8) is 0 Å². The minimum atomic E-state index is -1.92. The maximum absolute atomic E-state index is 6.86. The van der Waals surface area contributed by atoms with Crippen molar-refractivity contribution in [3.05, 3.63) is 34.9 Å². The van der Waals surface area contributed by atoms with Gasteiger partial charge in [0.2, 0.25) is 0 Å². The fourth-order valence-corrected chi connectivity index (χ4v) is 4.35. The van der Waals surface area contributed by atoms with E-state index < -0.39 is 8.32 Å². The first-order valence-electron chi connectivity index (χ1n) is 8.65. The van der Waals surface area contributed by atoms with Gasteiger partial charge in [-0.2, -0.15) is 0 Å². The van der Waals surface area contributed by atoms with Crippen molar-refractivity contribution in [1.82, 2.24) is 0 Å². The zero-order chi connectivity index (χ0) is 18.3. The Balaban J connectivity index is 2.61. The Morgan fingerprint density at radius 3 is 2.17 bits per heavy atom. The summed E-state index contributed by atoms with van der Waals surface area (Å²) in [7, 11) is 1.54. The SMILES string of the molecule is COC1=C(C)C(C)C(O[Si](C)(C)C(C)(C)C)c2c(OC)cccc21. The molecule has 0 radical (unpaired) electrons. The van der Waals surface area contributed by atoms with Crippen molar-refractivity contribution in [2.45, 2.75) is 58.9 Å². The molecule has 0 amide bonds. The van der Waals surface area contributed by atoms with Crippen molar-refractivity contribution in [1.29, 1.82) is 0 Å². The van der Waals surface area contributed by atoms with Crippen LogP contribution in [0.15, 0.2) is 23.8 Å². The van der Waals surface area contributed by atoms with Gasteiger partial charge in [-0.05, 0) is 36.7 Å². The van der Waals surface area contributed by atoms with E-state index in [2.05, 4.69) is 53.8 Å². The number of methoxy groups -OCH3 is 2. The molecule has 0 fully saturated rings. The maximum atomic E-state index is 6.86. The van der Waals surface area contributed by atoms with Gasteiger partial charge in [0.25, 0.3) is 0 Å². The lowest BCUT2D eigenvalue weighted by molar-refractivity contribution is 0.133. The molecule has 2 unspecified atom stereocenters. The summed E-state index contributed by atoms with van der Waals surface area (Å²) in [6, 6.07) is 6.14. The van der Waals surface area contributed by atoms with E-state index in [4.69, 9.17) is 13.9 Å². The fourth-order valence-electron chi connectivity index (χ4n) is 3.04. The Labute approximate surface area is 148 Å². The van der Waals surface area contributed by atoms with E-state index in [9.17, 15) is 0 Å². The van der Waals surface area contributed by atoms with Gasteiger partial charge >= 0.3 is 0 Å². The Hall–Kier alpha value is -1.26. The number of benzene rings is 1. The number of rotatable bonds is 4. The first kappa shape index (κ1) is 19.1. The van der Waals surface area contributed by atoms with Crippen LogP contribution in [-0.4, -0.2) is 22.5 Å². The molecule has 4 heteroatoms. The lowest BCUT2D eigenvalue weighted by Crippen LogP contribution is -2.43. The van der Waals surface area contributed by atoms with Gasteiger partial charge in [-0.15, -0.1) is 0 Å². The Morgan fingerprint density at radius 2 is 1.67 bits per heavy atom. The van der Waals surface area contributed by atoms with E-state index in [0.29, 0.717) is 0 Å². The zero-order valence-corrected chi connectivity index (χ0v) is 17.6. The molecule has 134 valence electrons. The Kier molecular flexibility index (Phi) is 5.21. The van der Waals surface area contributed by atoms with E-state index >= 15 is 0 Å². The second kappa shape index (κ2) is 6.56. The van der Waals surface area contributed by atoms with E-state index in [1.807, 2.05) is 12.1 Å². The predicted octanol–water partition coefficient (Wildman–Crippen LogP) is 5.79. The molecule has 1 aromatic carbocycles. The van der Waals surface area contributed by atoms with Crippen LogP contribution in [-0.2, 0) is 9.16 Å². The second-order valence-electron chi connectivity index (χ2n) is 8.23. The Bertz CT molecular complexity index is 641. The summed E-state index contributed by atoms with van der Waals surface area (Å²) >= 11 is 0. The summed E-state index contributed by atoms with van der Waals surface area (Å²) in [5.74, 6) is 2.08. The maximum Gasteiger partial charge on any atom is 0.192 e. The van der Waals surface area contributed by atoms with Crippen molar-refractivity contribution < 1.29 is 13.9 Å². The highest BCUT2D eigenvalue weighted by Crippen LogP contribution is 2.50. The monoisotopic (exact) mass is 348 g/mol. The molecule has 2 rings (SSSR count). The summed E-state index contributed by atoms with van der Waals surface area (Å²) in [5.41, 5.74) is 3.46. The number of hydrogen-bond acceptors (Lipinski definition) is 3. The molecule has 2 atom stereocenters. The molecule has 0 N–H and O–H groups in total. The molecule has 24 heavy (non-hydrogen) atoms. The summed E-state index contributed by atoms with van der Waals surface area (Å²) in [4.78, 5) is 0. The third-order valence-corrected chi connectivity index (χ3v) is 10.2. The van der Waals surface area contributed by atoms with Crippen LogP contribution >= 0.6 is 0 Å². The summed E-state index contributed by atoms with van der Waals surface area (Å²) in [6.45, 7) is 15.8. The molecular formula is C20H32O3Si. The highest BCUT2D eigenvalue weighted by molar-refractivity contribution is 6.74. The summed E-state index contributed by atoms with van der Waals surface area (Å²) in [5, 5.41) is 0.161. The van der Waals surface area contributed by atoms with Crippen LogP contribution in [0.2, 0.25) is 18.1 Å². The average Bonchev–Trinajstić information content (AvgIpc) is 2.50. The van der Waals surface area contributed by atoms with Gasteiger partial charge in [-0.3, -0.25) is 0 Å². The molecule has 0 spiro atoms. The van der Waals surface area contributed by atoms with Gasteiger partial charge in [0, 0.05) is 17.0 Å². The van der Waals surface area contributed by atoms with Crippen LogP contribution in [0.3, 0.4) is 0 Å². The summed E-state index contributed by atoms with van der Waals surface area (Å²) in [6.07, 6.45) is -0.00376. The van der Waals surface area contributed by atoms with Crippen LogP contribution < -0.4 is 4.74 Å². The van der Waals surface area contributed by atoms with Gasteiger partial charge in [0.05, 0.1) is 20.3 Å². The molecule has 0 bridgehead atoms. The highest BCUT2D eigenvalue weighted by Gasteiger charge is 2.43. The van der Waals surface area contributed by atoms with Crippen LogP contribution in [0.25, 0.3) is 5.76 Å². The highest BCUT2D eigenvalue weighted by atomic mass is 28.4. The zero-order valence-electron chi connectivity index (χ0n) is 16.6. The number of hydrogen-bond donors (Lipinski definition) is 0. The smallest absolute Gasteiger partial charge is 0.192 e. The lowest BCUT2D eigenvalue weighted by Gasteiger charge is -2.43. The number of fused-ring (bicyclic) bond motifs is 1. The van der Waals surface area contributed by atoms with E-state index in [-0.39, 0.29) is 17.1 Å². The summed E-state index contributed by atoms with van der Waals surface area (Å²) < 4.78 is 18.3. The van der Waals surface area contributed by atoms with Crippen molar-refractivity contribution in [2.24, 2.45) is 5.92 Å². The predicted molar refractivity (Wildman–Crippen MR) is 103 cm³/mol. The molecule has 1 aliphatic carbocycles. The van der Waals surface area contributed by atoms with Gasteiger partial charge in [0.15, 0.2) is 8.32 Å².